The van der Waals surface area contributed by atoms with Crippen LogP contribution in [-0.4, -0.2) is 30.6 Å². The zero-order chi connectivity index (χ0) is 13.0. The highest BCUT2D eigenvalue weighted by molar-refractivity contribution is 7.22. The number of hydrogen-bond acceptors (Lipinski definition) is 5. The number of halogens is 1. The zero-order valence-corrected chi connectivity index (χ0v) is 11.6. The molecule has 1 aromatic heterocycles. The van der Waals surface area contributed by atoms with Gasteiger partial charge < -0.3 is 9.64 Å². The second-order valence-electron chi connectivity index (χ2n) is 5.01. The third kappa shape index (κ3) is 1.80. The summed E-state index contributed by atoms with van der Waals surface area (Å²) in [5, 5.41) is 1.70. The quantitative estimate of drug-likeness (QED) is 0.758. The molecule has 2 fully saturated rings. The summed E-state index contributed by atoms with van der Waals surface area (Å²) in [6, 6.07) is 5.72. The van der Waals surface area contributed by atoms with E-state index in [0.29, 0.717) is 12.5 Å². The fourth-order valence-electron chi connectivity index (χ4n) is 2.78. The van der Waals surface area contributed by atoms with Crippen LogP contribution in [0.5, 0.6) is 0 Å². The van der Waals surface area contributed by atoms with Gasteiger partial charge in [-0.25, -0.2) is 4.98 Å². The number of hydrogen-bond donors (Lipinski definition) is 0. The number of carbonyl (C=O) groups is 1. The summed E-state index contributed by atoms with van der Waals surface area (Å²) >= 11 is 7.62. The number of esters is 1. The van der Waals surface area contributed by atoms with Crippen LogP contribution in [0, 0.1) is 11.8 Å². The molecule has 0 unspecified atom stereocenters. The Morgan fingerprint density at radius 1 is 1.42 bits per heavy atom. The molecule has 2 atom stereocenters. The maximum absolute atomic E-state index is 11.6. The minimum absolute atomic E-state index is 0.0237. The fraction of sp³-hybridized carbons (Fsp3) is 0.385. The molecular formula is C13H11ClN2O2S. The van der Waals surface area contributed by atoms with Gasteiger partial charge in [0.15, 0.2) is 5.13 Å². The highest BCUT2D eigenvalue weighted by Gasteiger charge is 2.44. The Balaban J connectivity index is 1.66. The minimum atomic E-state index is -0.0587. The predicted molar refractivity (Wildman–Crippen MR) is 74.8 cm³/mol. The molecule has 0 spiro atoms. The van der Waals surface area contributed by atoms with E-state index in [0.717, 1.165) is 33.5 Å². The van der Waals surface area contributed by atoms with Gasteiger partial charge in [0.25, 0.3) is 0 Å². The van der Waals surface area contributed by atoms with Crippen molar-refractivity contribution in [2.24, 2.45) is 11.8 Å². The molecule has 4 rings (SSSR count). The topological polar surface area (TPSA) is 42.4 Å². The van der Waals surface area contributed by atoms with Crippen LogP contribution in [0.1, 0.15) is 0 Å². The number of thiazole rings is 1. The maximum atomic E-state index is 11.6. The third-order valence-electron chi connectivity index (χ3n) is 3.79. The van der Waals surface area contributed by atoms with E-state index >= 15 is 0 Å². The van der Waals surface area contributed by atoms with Crippen molar-refractivity contribution in [1.82, 2.24) is 4.98 Å². The van der Waals surface area contributed by atoms with Crippen molar-refractivity contribution in [2.75, 3.05) is 24.6 Å². The maximum Gasteiger partial charge on any atom is 0.311 e. The first kappa shape index (κ1) is 11.5. The Kier molecular flexibility index (Phi) is 2.47. The molecular weight excluding hydrogens is 284 g/mol. The van der Waals surface area contributed by atoms with Crippen molar-refractivity contribution < 1.29 is 9.53 Å². The highest BCUT2D eigenvalue weighted by atomic mass is 35.5. The second-order valence-corrected chi connectivity index (χ2v) is 6.46. The smallest absolute Gasteiger partial charge is 0.311 e. The second kappa shape index (κ2) is 4.08. The number of fused-ring (bicyclic) bond motifs is 2. The van der Waals surface area contributed by atoms with E-state index in [9.17, 15) is 4.79 Å². The van der Waals surface area contributed by atoms with Gasteiger partial charge in [-0.15, -0.1) is 0 Å². The van der Waals surface area contributed by atoms with Crippen molar-refractivity contribution in [3.05, 3.63) is 23.2 Å². The SMILES string of the molecule is O=C1OC[C@H]2CN(c3nc4ccc(Cl)cc4s3)C[C@@H]12. The van der Waals surface area contributed by atoms with Crippen LogP contribution in [0.25, 0.3) is 10.2 Å². The van der Waals surface area contributed by atoms with Crippen molar-refractivity contribution in [2.45, 2.75) is 0 Å². The molecule has 2 aromatic rings. The van der Waals surface area contributed by atoms with Crippen LogP contribution in [0.2, 0.25) is 5.02 Å². The van der Waals surface area contributed by atoms with Gasteiger partial charge in [-0.1, -0.05) is 22.9 Å². The Morgan fingerprint density at radius 3 is 3.16 bits per heavy atom. The lowest BCUT2D eigenvalue weighted by Crippen LogP contribution is -2.23. The number of ether oxygens (including phenoxy) is 1. The molecule has 6 heteroatoms. The molecule has 98 valence electrons. The fourth-order valence-corrected chi connectivity index (χ4v) is 4.04. The first-order valence-corrected chi connectivity index (χ1v) is 7.38. The number of rotatable bonds is 1. The summed E-state index contributed by atoms with van der Waals surface area (Å²) in [5.74, 6) is 0.287. The van der Waals surface area contributed by atoms with Crippen molar-refractivity contribution in [3.8, 4) is 0 Å². The van der Waals surface area contributed by atoms with Crippen LogP contribution in [0.4, 0.5) is 5.13 Å². The van der Waals surface area contributed by atoms with E-state index in [1.54, 1.807) is 11.3 Å². The van der Waals surface area contributed by atoms with E-state index in [4.69, 9.17) is 16.3 Å². The summed E-state index contributed by atoms with van der Waals surface area (Å²) in [4.78, 5) is 18.4. The van der Waals surface area contributed by atoms with E-state index in [2.05, 4.69) is 9.88 Å². The molecule has 19 heavy (non-hydrogen) atoms. The average molecular weight is 295 g/mol. The van der Waals surface area contributed by atoms with Crippen LogP contribution < -0.4 is 4.90 Å². The summed E-state index contributed by atoms with van der Waals surface area (Å²) < 4.78 is 6.16. The van der Waals surface area contributed by atoms with Gasteiger partial charge in [0.1, 0.15) is 0 Å². The molecule has 2 aliphatic rings. The lowest BCUT2D eigenvalue weighted by atomic mass is 10.0. The molecule has 4 nitrogen and oxygen atoms in total. The van der Waals surface area contributed by atoms with Gasteiger partial charge in [0.2, 0.25) is 0 Å². The van der Waals surface area contributed by atoms with Gasteiger partial charge in [-0.05, 0) is 18.2 Å². The first-order valence-electron chi connectivity index (χ1n) is 6.18. The molecule has 0 bridgehead atoms. The highest BCUT2D eigenvalue weighted by Crippen LogP contribution is 2.37. The molecule has 2 saturated heterocycles. The van der Waals surface area contributed by atoms with E-state index < -0.39 is 0 Å². The van der Waals surface area contributed by atoms with Crippen LogP contribution in [0.3, 0.4) is 0 Å². The van der Waals surface area contributed by atoms with E-state index in [1.807, 2.05) is 18.2 Å². The third-order valence-corrected chi connectivity index (χ3v) is 5.11. The minimum Gasteiger partial charge on any atom is -0.465 e. The lowest BCUT2D eigenvalue weighted by Gasteiger charge is -2.14. The van der Waals surface area contributed by atoms with Gasteiger partial charge in [0.05, 0.1) is 22.7 Å². The zero-order valence-electron chi connectivity index (χ0n) is 10.0. The van der Waals surface area contributed by atoms with Crippen LogP contribution in [-0.2, 0) is 9.53 Å². The van der Waals surface area contributed by atoms with E-state index in [-0.39, 0.29) is 11.9 Å². The monoisotopic (exact) mass is 294 g/mol. The molecule has 1 aromatic carbocycles. The van der Waals surface area contributed by atoms with Crippen molar-refractivity contribution in [1.29, 1.82) is 0 Å². The Morgan fingerprint density at radius 2 is 2.32 bits per heavy atom. The molecule has 3 heterocycles. The summed E-state index contributed by atoms with van der Waals surface area (Å²) in [5.41, 5.74) is 0.962. The number of aromatic nitrogens is 1. The van der Waals surface area contributed by atoms with Crippen molar-refractivity contribution >= 4 is 44.3 Å². The number of carbonyl (C=O) groups excluding carboxylic acids is 1. The van der Waals surface area contributed by atoms with Gasteiger partial charge in [-0.2, -0.15) is 0 Å². The van der Waals surface area contributed by atoms with Gasteiger partial charge in [0, 0.05) is 24.0 Å². The van der Waals surface area contributed by atoms with Crippen molar-refractivity contribution in [3.63, 3.8) is 0 Å². The average Bonchev–Trinajstić information content (AvgIpc) is 3.04. The Bertz CT molecular complexity index is 672. The first-order chi connectivity index (χ1) is 9.20. The Hall–Kier alpha value is -1.33. The predicted octanol–water partition coefficient (Wildman–Crippen LogP) is 2.56. The summed E-state index contributed by atoms with van der Waals surface area (Å²) in [6.07, 6.45) is 0. The molecule has 0 radical (unpaired) electrons. The van der Waals surface area contributed by atoms with Crippen LogP contribution in [0.15, 0.2) is 18.2 Å². The number of cyclic esters (lactones) is 1. The van der Waals surface area contributed by atoms with E-state index in [1.165, 1.54) is 0 Å². The molecule has 0 saturated carbocycles. The number of benzene rings is 1. The van der Waals surface area contributed by atoms with Crippen LogP contribution >= 0.6 is 22.9 Å². The summed E-state index contributed by atoms with van der Waals surface area (Å²) in [6.45, 7) is 2.12. The Labute approximate surface area is 118 Å². The van der Waals surface area contributed by atoms with Gasteiger partial charge >= 0.3 is 5.97 Å². The lowest BCUT2D eigenvalue weighted by molar-refractivity contribution is -0.140. The largest absolute Gasteiger partial charge is 0.465 e. The van der Waals surface area contributed by atoms with Gasteiger partial charge in [-0.3, -0.25) is 4.79 Å². The standard InChI is InChI=1S/C13H11ClN2O2S/c14-8-1-2-10-11(3-8)19-13(15-10)16-4-7-6-18-12(17)9(7)5-16/h1-3,7,9H,4-6H2/t7-,9-/m1/s1. The molecule has 0 amide bonds. The normalized spacial score (nSPS) is 25.9. The number of anilines is 1. The number of nitrogens with zero attached hydrogens (tertiary/aromatic N) is 2. The molecule has 0 aliphatic carbocycles. The molecule has 2 aliphatic heterocycles. The summed E-state index contributed by atoms with van der Waals surface area (Å²) in [7, 11) is 0. The molecule has 0 N–H and O–H groups in total.